The molecule has 21 heavy (non-hydrogen) atoms. The van der Waals surface area contributed by atoms with E-state index in [9.17, 15) is 4.39 Å². The maximum atomic E-state index is 14.0. The SMILES string of the molecule is COC1CCN(Cc2cc(CNCC(C)C)ccc2F)C1. The van der Waals surface area contributed by atoms with Gasteiger partial charge in [0, 0.05) is 38.9 Å². The molecule has 1 saturated heterocycles. The second-order valence-corrected chi connectivity index (χ2v) is 6.33. The largest absolute Gasteiger partial charge is 0.380 e. The van der Waals surface area contributed by atoms with Gasteiger partial charge < -0.3 is 10.1 Å². The van der Waals surface area contributed by atoms with Crippen LogP contribution in [-0.4, -0.2) is 37.7 Å². The van der Waals surface area contributed by atoms with Crippen molar-refractivity contribution in [3.05, 3.63) is 35.1 Å². The molecule has 0 amide bonds. The van der Waals surface area contributed by atoms with Gasteiger partial charge in [-0.3, -0.25) is 4.90 Å². The van der Waals surface area contributed by atoms with Crippen molar-refractivity contribution in [2.45, 2.75) is 39.5 Å². The lowest BCUT2D eigenvalue weighted by molar-refractivity contribution is 0.107. The van der Waals surface area contributed by atoms with Crippen LogP contribution in [0.4, 0.5) is 4.39 Å². The molecule has 1 atom stereocenters. The van der Waals surface area contributed by atoms with E-state index >= 15 is 0 Å². The molecule has 0 aromatic heterocycles. The summed E-state index contributed by atoms with van der Waals surface area (Å²) < 4.78 is 19.3. The van der Waals surface area contributed by atoms with E-state index in [4.69, 9.17) is 4.74 Å². The predicted octanol–water partition coefficient (Wildman–Crippen LogP) is 2.79. The van der Waals surface area contributed by atoms with Gasteiger partial charge in [-0.1, -0.05) is 26.0 Å². The summed E-state index contributed by atoms with van der Waals surface area (Å²) in [6.07, 6.45) is 1.33. The van der Waals surface area contributed by atoms with E-state index in [0.29, 0.717) is 18.6 Å². The summed E-state index contributed by atoms with van der Waals surface area (Å²) >= 11 is 0. The van der Waals surface area contributed by atoms with Gasteiger partial charge in [0.15, 0.2) is 0 Å². The van der Waals surface area contributed by atoms with Gasteiger partial charge in [-0.15, -0.1) is 0 Å². The maximum absolute atomic E-state index is 14.0. The molecule has 0 bridgehead atoms. The Kier molecular flexibility index (Phi) is 6.15. The van der Waals surface area contributed by atoms with Crippen LogP contribution in [0.3, 0.4) is 0 Å². The van der Waals surface area contributed by atoms with Gasteiger partial charge in [-0.2, -0.15) is 0 Å². The number of methoxy groups -OCH3 is 1. The maximum Gasteiger partial charge on any atom is 0.127 e. The minimum Gasteiger partial charge on any atom is -0.380 e. The second kappa shape index (κ2) is 7.87. The lowest BCUT2D eigenvalue weighted by Gasteiger charge is -2.17. The number of nitrogens with zero attached hydrogens (tertiary/aromatic N) is 1. The summed E-state index contributed by atoms with van der Waals surface area (Å²) in [7, 11) is 1.75. The highest BCUT2D eigenvalue weighted by molar-refractivity contribution is 5.25. The fourth-order valence-corrected chi connectivity index (χ4v) is 2.74. The van der Waals surface area contributed by atoms with Crippen molar-refractivity contribution < 1.29 is 9.13 Å². The van der Waals surface area contributed by atoms with Crippen molar-refractivity contribution in [2.24, 2.45) is 5.92 Å². The molecule has 2 rings (SSSR count). The quantitative estimate of drug-likeness (QED) is 0.837. The van der Waals surface area contributed by atoms with E-state index in [1.54, 1.807) is 13.2 Å². The molecule has 3 nitrogen and oxygen atoms in total. The highest BCUT2D eigenvalue weighted by Crippen LogP contribution is 2.18. The minimum absolute atomic E-state index is 0.108. The Morgan fingerprint density at radius 2 is 2.24 bits per heavy atom. The Balaban J connectivity index is 1.92. The van der Waals surface area contributed by atoms with Crippen LogP contribution in [0.1, 0.15) is 31.4 Å². The van der Waals surface area contributed by atoms with Gasteiger partial charge in [0.1, 0.15) is 5.82 Å². The smallest absolute Gasteiger partial charge is 0.127 e. The fourth-order valence-electron chi connectivity index (χ4n) is 2.74. The van der Waals surface area contributed by atoms with E-state index in [1.807, 2.05) is 12.1 Å². The molecule has 1 aromatic carbocycles. The van der Waals surface area contributed by atoms with E-state index in [0.717, 1.165) is 43.7 Å². The number of hydrogen-bond acceptors (Lipinski definition) is 3. The summed E-state index contributed by atoms with van der Waals surface area (Å²) in [5.74, 6) is 0.518. The lowest BCUT2D eigenvalue weighted by Crippen LogP contribution is -2.23. The standard InChI is InChI=1S/C17H27FN2O/c1-13(2)9-19-10-14-4-5-17(18)15(8-14)11-20-7-6-16(12-20)21-3/h4-5,8,13,16,19H,6-7,9-12H2,1-3H3. The molecule has 0 radical (unpaired) electrons. The average Bonchev–Trinajstić information content (AvgIpc) is 2.90. The molecule has 1 heterocycles. The molecule has 1 aromatic rings. The van der Waals surface area contributed by atoms with Gasteiger partial charge >= 0.3 is 0 Å². The Labute approximate surface area is 127 Å². The van der Waals surface area contributed by atoms with E-state index in [1.165, 1.54) is 0 Å². The molecular weight excluding hydrogens is 267 g/mol. The van der Waals surface area contributed by atoms with Gasteiger partial charge in [0.05, 0.1) is 6.10 Å². The first kappa shape index (κ1) is 16.4. The Morgan fingerprint density at radius 1 is 1.43 bits per heavy atom. The Bertz CT molecular complexity index is 450. The van der Waals surface area contributed by atoms with Crippen molar-refractivity contribution in [3.63, 3.8) is 0 Å². The zero-order valence-corrected chi connectivity index (χ0v) is 13.4. The number of hydrogen-bond donors (Lipinski definition) is 1. The third-order valence-corrected chi connectivity index (χ3v) is 3.95. The van der Waals surface area contributed by atoms with Crippen LogP contribution < -0.4 is 5.32 Å². The summed E-state index contributed by atoms with van der Waals surface area (Å²) in [6.45, 7) is 8.69. The van der Waals surface area contributed by atoms with Crippen LogP contribution in [0.25, 0.3) is 0 Å². The van der Waals surface area contributed by atoms with Crippen LogP contribution in [0.2, 0.25) is 0 Å². The van der Waals surface area contributed by atoms with Crippen LogP contribution in [0, 0.1) is 11.7 Å². The molecule has 1 aliphatic heterocycles. The Morgan fingerprint density at radius 3 is 2.90 bits per heavy atom. The van der Waals surface area contributed by atoms with Crippen LogP contribution in [0.15, 0.2) is 18.2 Å². The first-order valence-electron chi connectivity index (χ1n) is 7.81. The fraction of sp³-hybridized carbons (Fsp3) is 0.647. The number of ether oxygens (including phenoxy) is 1. The topological polar surface area (TPSA) is 24.5 Å². The van der Waals surface area contributed by atoms with E-state index < -0.39 is 0 Å². The number of halogens is 1. The highest BCUT2D eigenvalue weighted by Gasteiger charge is 2.22. The molecule has 1 fully saturated rings. The average molecular weight is 294 g/mol. The van der Waals surface area contributed by atoms with Gasteiger partial charge in [-0.25, -0.2) is 4.39 Å². The van der Waals surface area contributed by atoms with Crippen molar-refractivity contribution in [1.29, 1.82) is 0 Å². The number of benzene rings is 1. The molecule has 1 aliphatic rings. The van der Waals surface area contributed by atoms with Crippen LogP contribution in [-0.2, 0) is 17.8 Å². The molecule has 0 saturated carbocycles. The zero-order chi connectivity index (χ0) is 15.2. The minimum atomic E-state index is -0.108. The number of nitrogens with one attached hydrogen (secondary N) is 1. The molecular formula is C17H27FN2O. The molecule has 4 heteroatoms. The summed E-state index contributed by atoms with van der Waals surface area (Å²) in [5, 5.41) is 3.40. The monoisotopic (exact) mass is 294 g/mol. The van der Waals surface area contributed by atoms with Gasteiger partial charge in [0.25, 0.3) is 0 Å². The summed E-state index contributed by atoms with van der Waals surface area (Å²) in [4.78, 5) is 2.26. The third kappa shape index (κ3) is 5.06. The molecule has 1 unspecified atom stereocenters. The summed E-state index contributed by atoms with van der Waals surface area (Å²) in [6, 6.07) is 5.45. The first-order valence-corrected chi connectivity index (χ1v) is 7.81. The van der Waals surface area contributed by atoms with E-state index in [-0.39, 0.29) is 5.82 Å². The van der Waals surface area contributed by atoms with Crippen LogP contribution in [0.5, 0.6) is 0 Å². The third-order valence-electron chi connectivity index (χ3n) is 3.95. The predicted molar refractivity (Wildman–Crippen MR) is 83.6 cm³/mol. The number of rotatable bonds is 7. The number of likely N-dealkylation sites (tertiary alicyclic amines) is 1. The normalized spacial score (nSPS) is 19.6. The van der Waals surface area contributed by atoms with Crippen LogP contribution >= 0.6 is 0 Å². The lowest BCUT2D eigenvalue weighted by atomic mass is 10.1. The first-order chi connectivity index (χ1) is 10.1. The highest BCUT2D eigenvalue weighted by atomic mass is 19.1. The van der Waals surface area contributed by atoms with Crippen molar-refractivity contribution in [1.82, 2.24) is 10.2 Å². The molecule has 1 N–H and O–H groups in total. The van der Waals surface area contributed by atoms with E-state index in [2.05, 4.69) is 24.1 Å². The zero-order valence-electron chi connectivity index (χ0n) is 13.4. The molecule has 0 aliphatic carbocycles. The van der Waals surface area contributed by atoms with Crippen molar-refractivity contribution >= 4 is 0 Å². The van der Waals surface area contributed by atoms with Crippen molar-refractivity contribution in [3.8, 4) is 0 Å². The summed E-state index contributed by atoms with van der Waals surface area (Å²) in [5.41, 5.74) is 1.94. The Hall–Kier alpha value is -0.970. The van der Waals surface area contributed by atoms with Gasteiger partial charge in [0.2, 0.25) is 0 Å². The van der Waals surface area contributed by atoms with Crippen molar-refractivity contribution in [2.75, 3.05) is 26.7 Å². The second-order valence-electron chi connectivity index (χ2n) is 6.33. The molecule has 118 valence electrons. The van der Waals surface area contributed by atoms with Gasteiger partial charge in [-0.05, 0) is 30.5 Å². The molecule has 0 spiro atoms.